The molecule has 2 saturated heterocycles. The largest absolute Gasteiger partial charge is 0.491 e. The fourth-order valence-corrected chi connectivity index (χ4v) is 5.42. The first kappa shape index (κ1) is 21.2. The van der Waals surface area contributed by atoms with E-state index in [-0.39, 0.29) is 31.0 Å². The molecule has 0 bridgehead atoms. The maximum atomic E-state index is 12.7. The molecule has 2 aromatic rings. The van der Waals surface area contributed by atoms with Crippen molar-refractivity contribution in [2.75, 3.05) is 42.7 Å². The number of nitrogens with zero attached hydrogens (tertiary/aromatic N) is 2. The first-order valence-corrected chi connectivity index (χ1v) is 11.8. The smallest absolute Gasteiger partial charge is 0.415 e. The van der Waals surface area contributed by atoms with Gasteiger partial charge in [0.25, 0.3) is 11.8 Å². The van der Waals surface area contributed by atoms with E-state index in [1.165, 1.54) is 11.3 Å². The zero-order valence-electron chi connectivity index (χ0n) is 16.9. The summed E-state index contributed by atoms with van der Waals surface area (Å²) in [5, 5.41) is 2.86. The van der Waals surface area contributed by atoms with Crippen molar-refractivity contribution in [2.24, 2.45) is 0 Å². The summed E-state index contributed by atoms with van der Waals surface area (Å²) >= 11 is 4.69. The highest BCUT2D eigenvalue weighted by molar-refractivity contribution is 9.11. The number of morpholine rings is 1. The highest BCUT2D eigenvalue weighted by Gasteiger charge is 2.45. The molecule has 5 rings (SSSR count). The van der Waals surface area contributed by atoms with Crippen LogP contribution in [-0.4, -0.2) is 63.0 Å². The van der Waals surface area contributed by atoms with E-state index in [4.69, 9.17) is 14.2 Å². The third-order valence-corrected chi connectivity index (χ3v) is 7.26. The van der Waals surface area contributed by atoms with Crippen molar-refractivity contribution >= 4 is 56.5 Å². The van der Waals surface area contributed by atoms with Gasteiger partial charge in [-0.25, -0.2) is 4.79 Å². The van der Waals surface area contributed by atoms with E-state index in [0.717, 1.165) is 3.79 Å². The molecule has 1 aromatic carbocycles. The van der Waals surface area contributed by atoms with Gasteiger partial charge in [0, 0.05) is 24.7 Å². The second kappa shape index (κ2) is 8.72. The Hall–Kier alpha value is -2.63. The fraction of sp³-hybridized carbons (Fsp3) is 0.381. The Labute approximate surface area is 196 Å². The van der Waals surface area contributed by atoms with Gasteiger partial charge in [-0.2, -0.15) is 0 Å². The number of thiophene rings is 1. The lowest BCUT2D eigenvalue weighted by molar-refractivity contribution is -0.125. The molecule has 2 fully saturated rings. The van der Waals surface area contributed by atoms with Gasteiger partial charge in [0.15, 0.2) is 0 Å². The predicted molar refractivity (Wildman–Crippen MR) is 121 cm³/mol. The number of halogens is 1. The Morgan fingerprint density at radius 2 is 2.09 bits per heavy atom. The topological polar surface area (TPSA) is 97.4 Å². The van der Waals surface area contributed by atoms with Crippen molar-refractivity contribution in [1.82, 2.24) is 5.32 Å². The van der Waals surface area contributed by atoms with Crippen molar-refractivity contribution in [3.8, 4) is 5.75 Å². The molecule has 1 unspecified atom stereocenters. The molecule has 11 heteroatoms. The monoisotopic (exact) mass is 521 g/mol. The number of anilines is 2. The Morgan fingerprint density at radius 1 is 1.22 bits per heavy atom. The summed E-state index contributed by atoms with van der Waals surface area (Å²) in [6, 6.07) is 8.63. The Bertz CT molecular complexity index is 1080. The zero-order valence-corrected chi connectivity index (χ0v) is 19.3. The number of amides is 3. The number of cyclic esters (lactones) is 1. The zero-order chi connectivity index (χ0) is 22.2. The van der Waals surface area contributed by atoms with Crippen LogP contribution in [0.3, 0.4) is 0 Å². The summed E-state index contributed by atoms with van der Waals surface area (Å²) in [4.78, 5) is 41.1. The second-order valence-corrected chi connectivity index (χ2v) is 10.0. The third kappa shape index (κ3) is 3.96. The van der Waals surface area contributed by atoms with Crippen LogP contribution in [0, 0.1) is 0 Å². The van der Waals surface area contributed by atoms with Crippen molar-refractivity contribution in [1.29, 1.82) is 0 Å². The number of carbonyl (C=O) groups excluding carboxylic acids is 3. The van der Waals surface area contributed by atoms with Gasteiger partial charge in [-0.3, -0.25) is 14.5 Å². The average molecular weight is 522 g/mol. The van der Waals surface area contributed by atoms with Gasteiger partial charge in [0.05, 0.1) is 40.2 Å². The molecule has 3 aliphatic heterocycles. The molecule has 0 saturated carbocycles. The Kier molecular flexibility index (Phi) is 5.78. The van der Waals surface area contributed by atoms with Crippen molar-refractivity contribution in [3.63, 3.8) is 0 Å². The van der Waals surface area contributed by atoms with Crippen molar-refractivity contribution < 1.29 is 28.6 Å². The normalized spacial score (nSPS) is 22.5. The van der Waals surface area contributed by atoms with E-state index < -0.39 is 12.2 Å². The highest BCUT2D eigenvalue weighted by Crippen LogP contribution is 2.40. The van der Waals surface area contributed by atoms with Crippen LogP contribution in [0.25, 0.3) is 0 Å². The Morgan fingerprint density at radius 3 is 2.88 bits per heavy atom. The number of rotatable bonds is 4. The minimum absolute atomic E-state index is 0.0499. The molecule has 3 aliphatic rings. The third-order valence-electron chi connectivity index (χ3n) is 5.64. The van der Waals surface area contributed by atoms with E-state index in [0.29, 0.717) is 48.2 Å². The first-order valence-electron chi connectivity index (χ1n) is 10.2. The van der Waals surface area contributed by atoms with Gasteiger partial charge in [0.2, 0.25) is 0 Å². The number of hydrogen-bond donors (Lipinski definition) is 1. The summed E-state index contributed by atoms with van der Waals surface area (Å²) in [5.74, 6) is 0.200. The molecule has 1 N–H and O–H groups in total. The molecule has 0 radical (unpaired) electrons. The number of benzene rings is 1. The molecule has 168 valence electrons. The fourth-order valence-electron chi connectivity index (χ4n) is 4.12. The molecular weight excluding hydrogens is 502 g/mol. The molecule has 9 nitrogen and oxygen atoms in total. The minimum atomic E-state index is -0.495. The SMILES string of the molecule is O=C(NCC1OC(=O)N2c3ccc(N4CCOCC4=O)cc3OCC[C@@H]12)c1ccc(Br)s1. The van der Waals surface area contributed by atoms with Crippen molar-refractivity contribution in [2.45, 2.75) is 18.6 Å². The van der Waals surface area contributed by atoms with Crippen LogP contribution < -0.4 is 19.9 Å². The van der Waals surface area contributed by atoms with E-state index in [2.05, 4.69) is 21.2 Å². The minimum Gasteiger partial charge on any atom is -0.491 e. The van der Waals surface area contributed by atoms with E-state index >= 15 is 0 Å². The van der Waals surface area contributed by atoms with Gasteiger partial charge in [0.1, 0.15) is 18.5 Å². The van der Waals surface area contributed by atoms with Crippen LogP contribution in [-0.2, 0) is 14.3 Å². The molecule has 4 heterocycles. The van der Waals surface area contributed by atoms with Crippen LogP contribution in [0.4, 0.5) is 16.2 Å². The maximum absolute atomic E-state index is 12.7. The maximum Gasteiger partial charge on any atom is 0.415 e. The van der Waals surface area contributed by atoms with Crippen LogP contribution in [0.15, 0.2) is 34.1 Å². The van der Waals surface area contributed by atoms with E-state index in [1.807, 2.05) is 6.07 Å². The van der Waals surface area contributed by atoms with E-state index in [9.17, 15) is 14.4 Å². The van der Waals surface area contributed by atoms with Gasteiger partial charge < -0.3 is 24.4 Å². The average Bonchev–Trinajstić information content (AvgIpc) is 3.29. The molecule has 32 heavy (non-hydrogen) atoms. The lowest BCUT2D eigenvalue weighted by Crippen LogP contribution is -2.42. The molecular formula is C21H20BrN3O6S. The quantitative estimate of drug-likeness (QED) is 0.664. The second-order valence-electron chi connectivity index (χ2n) is 7.56. The predicted octanol–water partition coefficient (Wildman–Crippen LogP) is 2.78. The summed E-state index contributed by atoms with van der Waals surface area (Å²) in [6.07, 6.45) is -0.419. The standard InChI is InChI=1S/C21H20BrN3O6S/c22-18-4-3-17(32-18)20(27)23-10-16-14-5-7-30-15-9-12(24-6-8-29-11-19(24)26)1-2-13(15)25(14)21(28)31-16/h1-4,9,14,16H,5-8,10-11H2,(H,23,27)/t14-,16?/m0/s1. The van der Waals surface area contributed by atoms with Gasteiger partial charge in [-0.05, 0) is 40.2 Å². The lowest BCUT2D eigenvalue weighted by atomic mass is 10.1. The molecule has 2 atom stereocenters. The first-order chi connectivity index (χ1) is 15.5. The van der Waals surface area contributed by atoms with Gasteiger partial charge in [-0.15, -0.1) is 11.3 Å². The van der Waals surface area contributed by atoms with Crippen LogP contribution >= 0.6 is 27.3 Å². The van der Waals surface area contributed by atoms with Gasteiger partial charge >= 0.3 is 6.09 Å². The van der Waals surface area contributed by atoms with Crippen LogP contribution in [0.1, 0.15) is 16.1 Å². The summed E-state index contributed by atoms with van der Waals surface area (Å²) in [6.45, 7) is 1.58. The van der Waals surface area contributed by atoms with Gasteiger partial charge in [-0.1, -0.05) is 0 Å². The Balaban J connectivity index is 1.33. The lowest BCUT2D eigenvalue weighted by Gasteiger charge is -2.28. The summed E-state index contributed by atoms with van der Waals surface area (Å²) in [5.41, 5.74) is 1.30. The molecule has 3 amide bonds. The molecule has 0 aliphatic carbocycles. The number of nitrogens with one attached hydrogen (secondary N) is 1. The molecule has 1 aromatic heterocycles. The summed E-state index contributed by atoms with van der Waals surface area (Å²) in [7, 11) is 0. The van der Waals surface area contributed by atoms with E-state index in [1.54, 1.807) is 34.1 Å². The molecule has 0 spiro atoms. The number of ether oxygens (including phenoxy) is 3. The number of carbonyl (C=O) groups is 3. The van der Waals surface area contributed by atoms with Crippen LogP contribution in [0.2, 0.25) is 0 Å². The number of fused-ring (bicyclic) bond motifs is 3. The highest BCUT2D eigenvalue weighted by atomic mass is 79.9. The summed E-state index contributed by atoms with van der Waals surface area (Å²) < 4.78 is 17.6. The van der Waals surface area contributed by atoms with Crippen LogP contribution in [0.5, 0.6) is 5.75 Å². The van der Waals surface area contributed by atoms with Crippen molar-refractivity contribution in [3.05, 3.63) is 39.0 Å². The number of hydrogen-bond acceptors (Lipinski definition) is 7.